The van der Waals surface area contributed by atoms with Crippen LogP contribution in [0.25, 0.3) is 0 Å². The summed E-state index contributed by atoms with van der Waals surface area (Å²) < 4.78 is 76.4. The molecule has 0 saturated carbocycles. The van der Waals surface area contributed by atoms with Gasteiger partial charge in [-0.25, -0.2) is 19.9 Å². The second-order valence-corrected chi connectivity index (χ2v) is 6.65. The molecule has 0 aliphatic carbocycles. The fraction of sp³-hybridized carbons (Fsp3) is 0.125. The number of hydrogen-bond acceptors (Lipinski definition) is 7. The Labute approximate surface area is 179 Å². The fourth-order valence-electron chi connectivity index (χ4n) is 2.19. The van der Waals surface area contributed by atoms with Crippen LogP contribution in [0.2, 0.25) is 10.0 Å². The highest BCUT2D eigenvalue weighted by atomic mass is 35.5. The number of nitrogen functional groups attached to an aromatic ring is 1. The normalized spacial score (nSPS) is 12.0. The molecule has 3 heterocycles. The van der Waals surface area contributed by atoms with E-state index in [1.165, 1.54) is 0 Å². The Hall–Kier alpha value is -3.06. The first-order valence-electron chi connectivity index (χ1n) is 7.96. The van der Waals surface area contributed by atoms with Crippen LogP contribution in [-0.2, 0) is 12.4 Å². The van der Waals surface area contributed by atoms with Crippen molar-refractivity contribution in [3.05, 3.63) is 52.0 Å². The molecular formula is C16H9Cl2F6N7. The van der Waals surface area contributed by atoms with Gasteiger partial charge < -0.3 is 16.4 Å². The van der Waals surface area contributed by atoms with E-state index >= 15 is 0 Å². The SMILES string of the molecule is Nc1c(Nc2ncc(C(F)(F)F)cc2Cl)ncnc1Nc1ncc(C(F)(F)F)cc1Cl. The van der Waals surface area contributed by atoms with E-state index in [1.807, 2.05) is 0 Å². The molecule has 31 heavy (non-hydrogen) atoms. The van der Waals surface area contributed by atoms with Crippen LogP contribution in [0.1, 0.15) is 11.1 Å². The molecule has 4 N–H and O–H groups in total. The zero-order valence-corrected chi connectivity index (χ0v) is 16.3. The molecule has 0 amide bonds. The van der Waals surface area contributed by atoms with Crippen LogP contribution in [-0.4, -0.2) is 19.9 Å². The van der Waals surface area contributed by atoms with Crippen LogP contribution in [0, 0.1) is 0 Å². The molecule has 15 heteroatoms. The number of rotatable bonds is 4. The predicted molar refractivity (Wildman–Crippen MR) is 102 cm³/mol. The van der Waals surface area contributed by atoms with Crippen molar-refractivity contribution in [1.29, 1.82) is 0 Å². The molecule has 3 rings (SSSR count). The number of anilines is 5. The molecule has 164 valence electrons. The Bertz CT molecular complexity index is 1040. The summed E-state index contributed by atoms with van der Waals surface area (Å²) in [7, 11) is 0. The second kappa shape index (κ2) is 8.23. The Morgan fingerprint density at radius 3 is 1.39 bits per heavy atom. The maximum atomic E-state index is 12.7. The van der Waals surface area contributed by atoms with Gasteiger partial charge in [-0.05, 0) is 12.1 Å². The summed E-state index contributed by atoms with van der Waals surface area (Å²) in [6.07, 6.45) is -7.10. The van der Waals surface area contributed by atoms with Crippen molar-refractivity contribution in [2.45, 2.75) is 12.4 Å². The number of nitrogens with one attached hydrogen (secondary N) is 2. The number of alkyl halides is 6. The lowest BCUT2D eigenvalue weighted by Gasteiger charge is -2.14. The number of aromatic nitrogens is 4. The standard InChI is InChI=1S/C16H9Cl2F6N7/c17-8-1-6(15(19,20)21)3-26-11(8)30-13-10(25)14(29-5-28-13)31-12-9(18)2-7(4-27-12)16(22,23)24/h1-5H,25H2,(H2,26,27,28,29,30,31). The van der Waals surface area contributed by atoms with Gasteiger partial charge in [-0.3, -0.25) is 0 Å². The van der Waals surface area contributed by atoms with E-state index in [9.17, 15) is 26.3 Å². The molecule has 7 nitrogen and oxygen atoms in total. The van der Waals surface area contributed by atoms with Crippen molar-refractivity contribution >= 4 is 52.2 Å². The van der Waals surface area contributed by atoms with Gasteiger partial charge in [0, 0.05) is 12.4 Å². The Kier molecular flexibility index (Phi) is 6.00. The number of pyridine rings is 2. The van der Waals surface area contributed by atoms with Crippen LogP contribution in [0.5, 0.6) is 0 Å². The lowest BCUT2D eigenvalue weighted by molar-refractivity contribution is -0.138. The van der Waals surface area contributed by atoms with Crippen LogP contribution >= 0.6 is 23.2 Å². The first-order valence-corrected chi connectivity index (χ1v) is 8.72. The van der Waals surface area contributed by atoms with Crippen LogP contribution in [0.3, 0.4) is 0 Å². The molecule has 0 bridgehead atoms. The van der Waals surface area contributed by atoms with Gasteiger partial charge in [-0.15, -0.1) is 0 Å². The molecule has 0 aliphatic rings. The second-order valence-electron chi connectivity index (χ2n) is 5.84. The van der Waals surface area contributed by atoms with E-state index in [4.69, 9.17) is 28.9 Å². The van der Waals surface area contributed by atoms with Crippen LogP contribution in [0.4, 0.5) is 55.3 Å². The van der Waals surface area contributed by atoms with Gasteiger partial charge in [-0.1, -0.05) is 23.2 Å². The first-order chi connectivity index (χ1) is 14.4. The number of nitrogens with two attached hydrogens (primary N) is 1. The first kappa shape index (κ1) is 22.6. The van der Waals surface area contributed by atoms with Crippen molar-refractivity contribution in [1.82, 2.24) is 19.9 Å². The lowest BCUT2D eigenvalue weighted by Crippen LogP contribution is -2.09. The fourth-order valence-corrected chi connectivity index (χ4v) is 2.62. The number of hydrogen-bond donors (Lipinski definition) is 3. The molecule has 0 radical (unpaired) electrons. The number of halogens is 8. The zero-order valence-electron chi connectivity index (χ0n) is 14.8. The minimum absolute atomic E-state index is 0.0882. The maximum absolute atomic E-state index is 12.7. The third-order valence-corrected chi connectivity index (χ3v) is 4.27. The summed E-state index contributed by atoms with van der Waals surface area (Å²) in [4.78, 5) is 14.9. The molecule has 3 aromatic rings. The lowest BCUT2D eigenvalue weighted by atomic mass is 10.2. The van der Waals surface area contributed by atoms with E-state index in [2.05, 4.69) is 30.6 Å². The smallest absolute Gasteiger partial charge is 0.393 e. The van der Waals surface area contributed by atoms with Gasteiger partial charge >= 0.3 is 12.4 Å². The summed E-state index contributed by atoms with van der Waals surface area (Å²) in [5.74, 6) is -0.516. The minimum atomic E-state index is -4.63. The molecule has 0 atom stereocenters. The quantitative estimate of drug-likeness (QED) is 0.410. The predicted octanol–water partition coefficient (Wildman–Crippen LogP) is 5.68. The maximum Gasteiger partial charge on any atom is 0.417 e. The van der Waals surface area contributed by atoms with E-state index in [0.29, 0.717) is 24.5 Å². The topological polar surface area (TPSA) is 102 Å². The highest BCUT2D eigenvalue weighted by Crippen LogP contribution is 2.36. The molecule has 0 unspecified atom stereocenters. The number of nitrogens with zero attached hydrogens (tertiary/aromatic N) is 4. The van der Waals surface area contributed by atoms with Crippen molar-refractivity contribution in [2.24, 2.45) is 0 Å². The molecule has 0 aromatic carbocycles. The molecule has 3 aromatic heterocycles. The van der Waals surface area contributed by atoms with Gasteiger partial charge in [0.15, 0.2) is 11.6 Å². The van der Waals surface area contributed by atoms with Gasteiger partial charge in [0.1, 0.15) is 23.7 Å². The monoisotopic (exact) mass is 483 g/mol. The molecule has 0 fully saturated rings. The van der Waals surface area contributed by atoms with Crippen molar-refractivity contribution in [3.8, 4) is 0 Å². The summed E-state index contributed by atoms with van der Waals surface area (Å²) in [6, 6.07) is 1.33. The summed E-state index contributed by atoms with van der Waals surface area (Å²) in [6.45, 7) is 0. The van der Waals surface area contributed by atoms with E-state index in [1.54, 1.807) is 0 Å². The third-order valence-electron chi connectivity index (χ3n) is 3.69. The van der Waals surface area contributed by atoms with Crippen molar-refractivity contribution in [2.75, 3.05) is 16.4 Å². The molecule has 0 spiro atoms. The summed E-state index contributed by atoms with van der Waals surface area (Å²) in [5.41, 5.74) is 3.67. The summed E-state index contributed by atoms with van der Waals surface area (Å²) in [5, 5.41) is 4.42. The van der Waals surface area contributed by atoms with Gasteiger partial charge in [0.25, 0.3) is 0 Å². The summed E-state index contributed by atoms with van der Waals surface area (Å²) >= 11 is 11.7. The van der Waals surface area contributed by atoms with Crippen molar-refractivity contribution in [3.63, 3.8) is 0 Å². The Balaban J connectivity index is 1.86. The van der Waals surface area contributed by atoms with Gasteiger partial charge in [0.05, 0.1) is 21.2 Å². The highest BCUT2D eigenvalue weighted by molar-refractivity contribution is 6.33. The average Bonchev–Trinajstić information content (AvgIpc) is 2.66. The minimum Gasteiger partial charge on any atom is -0.393 e. The zero-order chi connectivity index (χ0) is 23.0. The largest absolute Gasteiger partial charge is 0.417 e. The van der Waals surface area contributed by atoms with Gasteiger partial charge in [-0.2, -0.15) is 26.3 Å². The average molecular weight is 484 g/mol. The molecule has 0 aliphatic heterocycles. The highest BCUT2D eigenvalue weighted by Gasteiger charge is 2.32. The van der Waals surface area contributed by atoms with Crippen molar-refractivity contribution < 1.29 is 26.3 Å². The van der Waals surface area contributed by atoms with Crippen LogP contribution < -0.4 is 16.4 Å². The third kappa shape index (κ3) is 5.17. The molecule has 0 saturated heterocycles. The Morgan fingerprint density at radius 1 is 0.677 bits per heavy atom. The Morgan fingerprint density at radius 2 is 1.06 bits per heavy atom. The van der Waals surface area contributed by atoms with E-state index in [0.717, 1.165) is 6.33 Å². The van der Waals surface area contributed by atoms with Gasteiger partial charge in [0.2, 0.25) is 0 Å². The molecular weight excluding hydrogens is 475 g/mol. The van der Waals surface area contributed by atoms with E-state index in [-0.39, 0.29) is 39.0 Å². The van der Waals surface area contributed by atoms with Crippen LogP contribution in [0.15, 0.2) is 30.9 Å². The van der Waals surface area contributed by atoms with E-state index < -0.39 is 23.5 Å².